The summed E-state index contributed by atoms with van der Waals surface area (Å²) in [6, 6.07) is 0. The average Bonchev–Trinajstić information content (AvgIpc) is 2.11. The maximum atomic E-state index is 5.46. The summed E-state index contributed by atoms with van der Waals surface area (Å²) < 4.78 is 0. The third-order valence-electron chi connectivity index (χ3n) is 2.21. The Bertz CT molecular complexity index is 97.2. The van der Waals surface area contributed by atoms with Gasteiger partial charge in [0, 0.05) is 5.54 Å². The Kier molecular flexibility index (Phi) is 6.28. The van der Waals surface area contributed by atoms with E-state index in [0.29, 0.717) is 0 Å². The molecule has 0 aliphatic rings. The lowest BCUT2D eigenvalue weighted by Gasteiger charge is -2.28. The third-order valence-corrected chi connectivity index (χ3v) is 2.21. The van der Waals surface area contributed by atoms with E-state index in [1.165, 1.54) is 0 Å². The highest BCUT2D eigenvalue weighted by molar-refractivity contribution is 4.80. The van der Waals surface area contributed by atoms with Gasteiger partial charge < -0.3 is 11.5 Å². The molecule has 7 N–H and O–H groups in total. The molecule has 4 nitrogen and oxygen atoms in total. The van der Waals surface area contributed by atoms with Gasteiger partial charge >= 0.3 is 0 Å². The number of rotatable bonds is 7. The lowest BCUT2D eigenvalue weighted by molar-refractivity contribution is 0.302. The van der Waals surface area contributed by atoms with Gasteiger partial charge in [-0.2, -0.15) is 0 Å². The first kappa shape index (κ1) is 11.8. The molecule has 0 aromatic carbocycles. The molecule has 0 spiro atoms. The quantitative estimate of drug-likeness (QED) is 0.315. The number of hydrazine groups is 1. The molecule has 0 rings (SSSR count). The van der Waals surface area contributed by atoms with Gasteiger partial charge in [-0.05, 0) is 45.7 Å². The minimum Gasteiger partial charge on any atom is -0.330 e. The van der Waals surface area contributed by atoms with E-state index in [4.69, 9.17) is 17.3 Å². The van der Waals surface area contributed by atoms with Gasteiger partial charge in [-0.15, -0.1) is 0 Å². The van der Waals surface area contributed by atoms with E-state index >= 15 is 0 Å². The van der Waals surface area contributed by atoms with Crippen LogP contribution in [0.15, 0.2) is 0 Å². The van der Waals surface area contributed by atoms with Crippen molar-refractivity contribution < 1.29 is 0 Å². The van der Waals surface area contributed by atoms with Crippen LogP contribution in [0.5, 0.6) is 0 Å². The van der Waals surface area contributed by atoms with E-state index in [-0.39, 0.29) is 5.54 Å². The molecule has 0 saturated heterocycles. The number of nitrogens with one attached hydrogen (secondary N) is 1. The highest BCUT2D eigenvalue weighted by Crippen LogP contribution is 2.16. The van der Waals surface area contributed by atoms with E-state index in [2.05, 4.69) is 12.3 Å². The zero-order valence-corrected chi connectivity index (χ0v) is 7.97. The van der Waals surface area contributed by atoms with Gasteiger partial charge in [0.25, 0.3) is 0 Å². The second kappa shape index (κ2) is 6.37. The summed E-state index contributed by atoms with van der Waals surface area (Å²) >= 11 is 0. The van der Waals surface area contributed by atoms with Crippen LogP contribution in [0.4, 0.5) is 0 Å². The molecular weight excluding hydrogens is 152 g/mol. The average molecular weight is 174 g/mol. The minimum absolute atomic E-state index is 0.0126. The number of nitrogens with two attached hydrogens (primary N) is 3. The summed E-state index contributed by atoms with van der Waals surface area (Å²) in [7, 11) is 0. The van der Waals surface area contributed by atoms with Crippen LogP contribution in [0.1, 0.15) is 32.6 Å². The monoisotopic (exact) mass is 174 g/mol. The zero-order chi connectivity index (χ0) is 9.45. The van der Waals surface area contributed by atoms with Gasteiger partial charge in [-0.25, -0.2) is 0 Å². The van der Waals surface area contributed by atoms with Crippen LogP contribution in [0.3, 0.4) is 0 Å². The molecule has 12 heavy (non-hydrogen) atoms. The highest BCUT2D eigenvalue weighted by Gasteiger charge is 2.20. The Hall–Kier alpha value is -0.160. The van der Waals surface area contributed by atoms with Crippen molar-refractivity contribution in [2.75, 3.05) is 13.1 Å². The summed E-state index contributed by atoms with van der Waals surface area (Å²) in [5.74, 6) is 5.46. The predicted molar refractivity (Wildman–Crippen MR) is 52.3 cm³/mol. The standard InChI is InChI=1S/C8H22N4/c1-8(12-11,4-2-6-9)5-3-7-10/h12H,2-7,9-11H2,1H3. The fourth-order valence-corrected chi connectivity index (χ4v) is 1.25. The van der Waals surface area contributed by atoms with E-state index in [1.54, 1.807) is 0 Å². The van der Waals surface area contributed by atoms with Crippen LogP contribution in [-0.4, -0.2) is 18.6 Å². The molecule has 0 atom stereocenters. The Morgan fingerprint density at radius 3 is 1.75 bits per heavy atom. The lowest BCUT2D eigenvalue weighted by Crippen LogP contribution is -2.47. The molecule has 0 unspecified atom stereocenters. The van der Waals surface area contributed by atoms with Crippen molar-refractivity contribution >= 4 is 0 Å². The fraction of sp³-hybridized carbons (Fsp3) is 1.00. The highest BCUT2D eigenvalue weighted by atomic mass is 15.3. The van der Waals surface area contributed by atoms with Gasteiger partial charge in [0.1, 0.15) is 0 Å². The van der Waals surface area contributed by atoms with Gasteiger partial charge in [0.05, 0.1) is 0 Å². The molecule has 0 aliphatic heterocycles. The van der Waals surface area contributed by atoms with Crippen molar-refractivity contribution in [2.24, 2.45) is 17.3 Å². The topological polar surface area (TPSA) is 90.1 Å². The van der Waals surface area contributed by atoms with Crippen molar-refractivity contribution in [2.45, 2.75) is 38.1 Å². The second-order valence-electron chi connectivity index (χ2n) is 3.49. The Morgan fingerprint density at radius 1 is 1.08 bits per heavy atom. The molecule has 0 bridgehead atoms. The molecule has 74 valence electrons. The Labute approximate surface area is 74.8 Å². The molecule has 0 radical (unpaired) electrons. The van der Waals surface area contributed by atoms with Crippen LogP contribution in [0.25, 0.3) is 0 Å². The third kappa shape index (κ3) is 4.66. The number of hydrogen-bond donors (Lipinski definition) is 4. The summed E-state index contributed by atoms with van der Waals surface area (Å²) in [6.07, 6.45) is 4.04. The molecule has 0 aromatic heterocycles. The first-order chi connectivity index (χ1) is 5.68. The molecule has 0 saturated carbocycles. The van der Waals surface area contributed by atoms with Crippen molar-refractivity contribution in [3.05, 3.63) is 0 Å². The molecule has 0 fully saturated rings. The minimum atomic E-state index is 0.0126. The van der Waals surface area contributed by atoms with Crippen molar-refractivity contribution in [3.8, 4) is 0 Å². The molecule has 4 heteroatoms. The van der Waals surface area contributed by atoms with Gasteiger partial charge in [0.2, 0.25) is 0 Å². The van der Waals surface area contributed by atoms with E-state index < -0.39 is 0 Å². The van der Waals surface area contributed by atoms with Crippen molar-refractivity contribution in [1.29, 1.82) is 0 Å². The molecule has 0 aliphatic carbocycles. The van der Waals surface area contributed by atoms with E-state index in [9.17, 15) is 0 Å². The first-order valence-electron chi connectivity index (χ1n) is 4.56. The summed E-state index contributed by atoms with van der Waals surface area (Å²) in [5.41, 5.74) is 13.7. The summed E-state index contributed by atoms with van der Waals surface area (Å²) in [4.78, 5) is 0. The van der Waals surface area contributed by atoms with E-state index in [0.717, 1.165) is 38.8 Å². The van der Waals surface area contributed by atoms with Gasteiger partial charge in [-0.3, -0.25) is 11.3 Å². The maximum Gasteiger partial charge on any atom is 0.0294 e. The molecular formula is C8H22N4. The predicted octanol–water partition coefficient (Wildman–Crippen LogP) is -0.314. The van der Waals surface area contributed by atoms with Gasteiger partial charge in [-0.1, -0.05) is 0 Å². The molecule has 0 aromatic rings. The number of hydrogen-bond acceptors (Lipinski definition) is 4. The lowest BCUT2D eigenvalue weighted by atomic mass is 9.91. The second-order valence-corrected chi connectivity index (χ2v) is 3.49. The van der Waals surface area contributed by atoms with Crippen LogP contribution < -0.4 is 22.7 Å². The summed E-state index contributed by atoms with van der Waals surface area (Å²) in [6.45, 7) is 3.55. The van der Waals surface area contributed by atoms with Gasteiger partial charge in [0.15, 0.2) is 0 Å². The van der Waals surface area contributed by atoms with Crippen LogP contribution in [-0.2, 0) is 0 Å². The molecule has 0 amide bonds. The SMILES string of the molecule is CC(CCCN)(CCCN)NN. The van der Waals surface area contributed by atoms with Crippen molar-refractivity contribution in [3.63, 3.8) is 0 Å². The zero-order valence-electron chi connectivity index (χ0n) is 7.97. The fourth-order valence-electron chi connectivity index (χ4n) is 1.25. The Balaban J connectivity index is 3.70. The summed E-state index contributed by atoms with van der Waals surface area (Å²) in [5, 5.41) is 0. The maximum absolute atomic E-state index is 5.46. The van der Waals surface area contributed by atoms with Crippen LogP contribution in [0, 0.1) is 0 Å². The molecule has 0 heterocycles. The normalized spacial score (nSPS) is 12.0. The van der Waals surface area contributed by atoms with Crippen molar-refractivity contribution in [1.82, 2.24) is 5.43 Å². The first-order valence-corrected chi connectivity index (χ1v) is 4.56. The largest absolute Gasteiger partial charge is 0.330 e. The van der Waals surface area contributed by atoms with Crippen LogP contribution >= 0.6 is 0 Å². The Morgan fingerprint density at radius 2 is 1.50 bits per heavy atom. The van der Waals surface area contributed by atoms with Crippen LogP contribution in [0.2, 0.25) is 0 Å². The smallest absolute Gasteiger partial charge is 0.0294 e. The van der Waals surface area contributed by atoms with E-state index in [1.807, 2.05) is 0 Å².